The summed E-state index contributed by atoms with van der Waals surface area (Å²) in [5, 5.41) is 2.34. The lowest BCUT2D eigenvalue weighted by Gasteiger charge is -2.19. The highest BCUT2D eigenvalue weighted by molar-refractivity contribution is 9.09. The third-order valence-electron chi connectivity index (χ3n) is 2.59. The Labute approximate surface area is 135 Å². The lowest BCUT2D eigenvalue weighted by atomic mass is 10.2. The van der Waals surface area contributed by atoms with Crippen LogP contribution in [0, 0.1) is 5.82 Å². The Bertz CT molecular complexity index is 584. The predicted molar refractivity (Wildman–Crippen MR) is 83.8 cm³/mol. The molecule has 1 aromatic rings. The Morgan fingerprint density at radius 1 is 1.50 bits per heavy atom. The van der Waals surface area contributed by atoms with Crippen LogP contribution in [-0.2, 0) is 11.3 Å². The molecule has 0 aliphatic rings. The molecule has 0 bridgehead atoms. The van der Waals surface area contributed by atoms with Gasteiger partial charge in [0.05, 0.1) is 5.69 Å². The summed E-state index contributed by atoms with van der Waals surface area (Å²) in [7, 11) is 0. The molecule has 1 N–H and O–H groups in total. The first kappa shape index (κ1) is 18.6. The molecule has 1 atom stereocenters. The van der Waals surface area contributed by atoms with Gasteiger partial charge in [-0.25, -0.2) is 9.18 Å². The molecule has 1 heterocycles. The summed E-state index contributed by atoms with van der Waals surface area (Å²) in [5.74, 6) is -1.11. The van der Waals surface area contributed by atoms with Crippen molar-refractivity contribution in [3.8, 4) is 0 Å². The largest absolute Gasteiger partial charge is 0.444 e. The van der Waals surface area contributed by atoms with E-state index >= 15 is 0 Å². The summed E-state index contributed by atoms with van der Waals surface area (Å²) < 4.78 is 33.1. The van der Waals surface area contributed by atoms with Crippen LogP contribution in [0.15, 0.2) is 17.1 Å². The first-order chi connectivity index (χ1) is 10.1. The van der Waals surface area contributed by atoms with Gasteiger partial charge in [-0.15, -0.1) is 0 Å². The molecule has 0 aromatic carbocycles. The van der Waals surface area contributed by atoms with Gasteiger partial charge in [0.2, 0.25) is 5.82 Å². The van der Waals surface area contributed by atoms with Gasteiger partial charge in [0.1, 0.15) is 11.8 Å². The molecule has 1 amide bonds. The molecule has 22 heavy (non-hydrogen) atoms. The van der Waals surface area contributed by atoms with Gasteiger partial charge < -0.3 is 9.30 Å². The van der Waals surface area contributed by atoms with Crippen LogP contribution in [0.4, 0.5) is 19.3 Å². The molecule has 0 saturated carbocycles. The number of hydrogen-bond donors (Lipinski definition) is 1. The van der Waals surface area contributed by atoms with Gasteiger partial charge in [-0.05, 0) is 33.3 Å². The highest BCUT2D eigenvalue weighted by Gasteiger charge is 2.19. The number of ether oxygens (including phenoxy) is 1. The molecular formula is C14H19BrF2N2O3. The number of hydrogen-bond acceptors (Lipinski definition) is 3. The van der Waals surface area contributed by atoms with Gasteiger partial charge in [0.15, 0.2) is 0 Å². The topological polar surface area (TPSA) is 60.3 Å². The normalized spacial score (nSPS) is 12.8. The summed E-state index contributed by atoms with van der Waals surface area (Å²) in [6.07, 6.45) is -0.580. The number of carbonyl (C=O) groups excluding carboxylic acids is 1. The van der Waals surface area contributed by atoms with E-state index in [9.17, 15) is 18.4 Å². The number of rotatable bonds is 5. The summed E-state index contributed by atoms with van der Waals surface area (Å²) in [4.78, 5) is 23.4. The minimum Gasteiger partial charge on any atom is -0.444 e. The smallest absolute Gasteiger partial charge is 0.412 e. The number of halogens is 3. The average Bonchev–Trinajstić information content (AvgIpc) is 2.40. The van der Waals surface area contributed by atoms with E-state index in [0.29, 0.717) is 0 Å². The molecule has 0 aliphatic carbocycles. The molecule has 0 saturated heterocycles. The summed E-state index contributed by atoms with van der Waals surface area (Å²) >= 11 is 2.99. The van der Waals surface area contributed by atoms with E-state index in [4.69, 9.17) is 4.74 Å². The first-order valence-electron chi connectivity index (χ1n) is 6.73. The molecule has 1 rings (SSSR count). The monoisotopic (exact) mass is 380 g/mol. The third-order valence-corrected chi connectivity index (χ3v) is 3.30. The zero-order valence-corrected chi connectivity index (χ0v) is 14.2. The van der Waals surface area contributed by atoms with Gasteiger partial charge in [-0.3, -0.25) is 10.1 Å². The zero-order valence-electron chi connectivity index (χ0n) is 12.7. The van der Waals surface area contributed by atoms with Crippen molar-refractivity contribution in [3.05, 3.63) is 28.4 Å². The fourth-order valence-electron chi connectivity index (χ4n) is 1.59. The molecule has 5 nitrogen and oxygen atoms in total. The average molecular weight is 381 g/mol. The number of aromatic nitrogens is 1. The van der Waals surface area contributed by atoms with Crippen LogP contribution in [0.5, 0.6) is 0 Å². The fourth-order valence-corrected chi connectivity index (χ4v) is 1.91. The first-order valence-corrected chi connectivity index (χ1v) is 7.85. The summed E-state index contributed by atoms with van der Waals surface area (Å²) in [6, 6.07) is 1.24. The standard InChI is InChI=1S/C14H19BrF2N2O3/c1-14(2,3)22-13(21)18-10-5-7-19(12(20)11(10)17)6-4-9(16)8-15/h5,7,9H,4,6,8H2,1-3H3,(H,18,21). The molecule has 0 spiro atoms. The maximum atomic E-state index is 14.0. The third kappa shape index (κ3) is 5.75. The van der Waals surface area contributed by atoms with E-state index in [1.165, 1.54) is 12.3 Å². The van der Waals surface area contributed by atoms with Gasteiger partial charge in [-0.1, -0.05) is 15.9 Å². The Kier molecular flexibility index (Phi) is 6.52. The Morgan fingerprint density at radius 3 is 2.68 bits per heavy atom. The van der Waals surface area contributed by atoms with Gasteiger partial charge in [-0.2, -0.15) is 4.39 Å². The summed E-state index contributed by atoms with van der Waals surface area (Å²) in [6.45, 7) is 5.05. The molecule has 0 aliphatic heterocycles. The number of anilines is 1. The minimum absolute atomic E-state index is 0.0508. The van der Waals surface area contributed by atoms with Crippen LogP contribution in [-0.4, -0.2) is 27.8 Å². The van der Waals surface area contributed by atoms with Crippen LogP contribution in [0.25, 0.3) is 0 Å². The second-order valence-electron chi connectivity index (χ2n) is 5.71. The minimum atomic E-state index is -1.12. The maximum absolute atomic E-state index is 14.0. The lowest BCUT2D eigenvalue weighted by molar-refractivity contribution is 0.0635. The number of nitrogens with zero attached hydrogens (tertiary/aromatic N) is 1. The van der Waals surface area contributed by atoms with E-state index in [1.54, 1.807) is 20.8 Å². The fraction of sp³-hybridized carbons (Fsp3) is 0.571. The molecular weight excluding hydrogens is 362 g/mol. The van der Waals surface area contributed by atoms with Crippen molar-refractivity contribution in [1.82, 2.24) is 4.57 Å². The van der Waals surface area contributed by atoms with Crippen molar-refractivity contribution in [1.29, 1.82) is 0 Å². The zero-order chi connectivity index (χ0) is 16.9. The van der Waals surface area contributed by atoms with Crippen molar-refractivity contribution in [2.45, 2.75) is 45.5 Å². The van der Waals surface area contributed by atoms with Crippen LogP contribution in [0.1, 0.15) is 27.2 Å². The predicted octanol–water partition coefficient (Wildman–Crippen LogP) is 3.46. The lowest BCUT2D eigenvalue weighted by Crippen LogP contribution is -2.30. The van der Waals surface area contributed by atoms with Crippen LogP contribution in [0.2, 0.25) is 0 Å². The van der Waals surface area contributed by atoms with Crippen molar-refractivity contribution in [3.63, 3.8) is 0 Å². The van der Waals surface area contributed by atoms with Gasteiger partial charge >= 0.3 is 6.09 Å². The molecule has 124 valence electrons. The number of aryl methyl sites for hydroxylation is 1. The maximum Gasteiger partial charge on any atom is 0.412 e. The number of alkyl halides is 2. The second-order valence-corrected chi connectivity index (χ2v) is 6.36. The van der Waals surface area contributed by atoms with Crippen LogP contribution < -0.4 is 10.9 Å². The van der Waals surface area contributed by atoms with E-state index < -0.39 is 29.2 Å². The molecule has 0 fully saturated rings. The van der Waals surface area contributed by atoms with E-state index in [2.05, 4.69) is 21.2 Å². The molecule has 8 heteroatoms. The van der Waals surface area contributed by atoms with E-state index in [1.807, 2.05) is 0 Å². The molecule has 1 aromatic heterocycles. The highest BCUT2D eigenvalue weighted by Crippen LogP contribution is 2.13. The SMILES string of the molecule is CC(C)(C)OC(=O)Nc1ccn(CCC(F)CBr)c(=O)c1F. The van der Waals surface area contributed by atoms with Crippen LogP contribution >= 0.6 is 15.9 Å². The van der Waals surface area contributed by atoms with Crippen molar-refractivity contribution >= 4 is 27.7 Å². The van der Waals surface area contributed by atoms with Gasteiger partial charge in [0.25, 0.3) is 5.56 Å². The van der Waals surface area contributed by atoms with Crippen molar-refractivity contribution in [2.24, 2.45) is 0 Å². The highest BCUT2D eigenvalue weighted by atomic mass is 79.9. The Hall–Kier alpha value is -1.44. The summed E-state index contributed by atoms with van der Waals surface area (Å²) in [5.41, 5.74) is -1.93. The number of pyridine rings is 1. The number of carbonyl (C=O) groups is 1. The van der Waals surface area contributed by atoms with E-state index in [0.717, 1.165) is 4.57 Å². The van der Waals surface area contributed by atoms with Crippen molar-refractivity contribution in [2.75, 3.05) is 10.6 Å². The second kappa shape index (κ2) is 7.71. The Balaban J connectivity index is 2.82. The van der Waals surface area contributed by atoms with E-state index in [-0.39, 0.29) is 24.0 Å². The van der Waals surface area contributed by atoms with Crippen molar-refractivity contribution < 1.29 is 18.3 Å². The molecule has 0 radical (unpaired) electrons. The molecule has 1 unspecified atom stereocenters. The van der Waals surface area contributed by atoms with Gasteiger partial charge in [0, 0.05) is 18.1 Å². The van der Waals surface area contributed by atoms with Crippen LogP contribution in [0.3, 0.4) is 0 Å². The number of amides is 1. The number of nitrogens with one attached hydrogen (secondary N) is 1. The Morgan fingerprint density at radius 2 is 2.14 bits per heavy atom. The quantitative estimate of drug-likeness (QED) is 0.795.